The molecule has 3 N–H and O–H groups in total. The smallest absolute Gasteiger partial charge is 0.462 e. The van der Waals surface area contributed by atoms with Gasteiger partial charge in [0.1, 0.15) is 19.3 Å². The van der Waals surface area contributed by atoms with Crippen molar-refractivity contribution in [3.8, 4) is 0 Å². The highest BCUT2D eigenvalue weighted by Gasteiger charge is 2.30. The van der Waals surface area contributed by atoms with E-state index in [1.54, 1.807) is 6.08 Å². The summed E-state index contributed by atoms with van der Waals surface area (Å²) in [6, 6.07) is 0. The molecule has 5 atom stereocenters. The molecule has 546 valence electrons. The number of rotatable bonds is 66. The number of aliphatic hydroxyl groups is 1. The van der Waals surface area contributed by atoms with E-state index < -0.39 is 97.5 Å². The third-order valence-electron chi connectivity index (χ3n) is 14.3. The number of ether oxygens (including phenoxy) is 4. The fraction of sp³-hybridized carbons (Fsp3) is 0.636. The van der Waals surface area contributed by atoms with Crippen LogP contribution in [-0.2, 0) is 65.4 Å². The van der Waals surface area contributed by atoms with Crippen molar-refractivity contribution in [2.24, 2.45) is 0 Å². The molecule has 0 aromatic carbocycles. The van der Waals surface area contributed by atoms with E-state index in [0.717, 1.165) is 128 Å². The van der Waals surface area contributed by atoms with Gasteiger partial charge >= 0.3 is 39.5 Å². The van der Waals surface area contributed by atoms with Crippen molar-refractivity contribution in [1.82, 2.24) is 0 Å². The molecule has 96 heavy (non-hydrogen) atoms. The lowest BCUT2D eigenvalue weighted by Crippen LogP contribution is -2.30. The van der Waals surface area contributed by atoms with Crippen molar-refractivity contribution in [2.75, 3.05) is 39.6 Å². The minimum Gasteiger partial charge on any atom is -0.462 e. The van der Waals surface area contributed by atoms with Gasteiger partial charge in [0.25, 0.3) is 0 Å². The first-order valence-electron chi connectivity index (χ1n) is 36.1. The Labute approximate surface area is 579 Å². The lowest BCUT2D eigenvalue weighted by molar-refractivity contribution is -0.161. The number of phosphoric ester groups is 2. The van der Waals surface area contributed by atoms with E-state index in [4.69, 9.17) is 37.0 Å². The van der Waals surface area contributed by atoms with Crippen LogP contribution < -0.4 is 0 Å². The summed E-state index contributed by atoms with van der Waals surface area (Å²) in [5.41, 5.74) is 0. The SMILES string of the molecule is CC/C=C\C/C=C\C/C=C\C/C=C\C/C=C\C/C=C\CCC(=O)OCC(COP(=O)(O)OCC(O)COP(=O)(O)OCC(COC(=O)C/C=C\C/C=C\C/C=C\C/C=C\C/C=C\CC)OC(=O)CCCCCCC/C=C\CCCC)OC(=O)CCCCCCCCCCCCC. The fourth-order valence-corrected chi connectivity index (χ4v) is 10.5. The second-order valence-electron chi connectivity index (χ2n) is 23.4. The summed E-state index contributed by atoms with van der Waals surface area (Å²) in [5.74, 6) is -2.44. The summed E-state index contributed by atoms with van der Waals surface area (Å²) < 4.78 is 68.0. The van der Waals surface area contributed by atoms with Gasteiger partial charge in [0.05, 0.1) is 32.8 Å². The highest BCUT2D eigenvalue weighted by Crippen LogP contribution is 2.45. The minimum absolute atomic E-state index is 0.0322. The maximum atomic E-state index is 13.0. The largest absolute Gasteiger partial charge is 0.472 e. The Bertz CT molecular complexity index is 2400. The van der Waals surface area contributed by atoms with Crippen LogP contribution in [0.5, 0.6) is 0 Å². The number of unbranched alkanes of at least 4 members (excludes halogenated alkanes) is 17. The van der Waals surface area contributed by atoms with E-state index in [2.05, 4.69) is 131 Å². The number of carbonyl (C=O) groups is 4. The molecule has 0 radical (unpaired) electrons. The highest BCUT2D eigenvalue weighted by atomic mass is 31.2. The van der Waals surface area contributed by atoms with Gasteiger partial charge in [0.2, 0.25) is 0 Å². The normalized spacial score (nSPS) is 14.9. The number of phosphoric acid groups is 2. The Balaban J connectivity index is 5.43. The Kier molecular flexibility index (Phi) is 64.9. The molecule has 0 aromatic rings. The van der Waals surface area contributed by atoms with E-state index in [9.17, 15) is 43.2 Å². The first kappa shape index (κ1) is 90.9. The molecule has 0 aliphatic carbocycles. The molecule has 0 fully saturated rings. The predicted molar refractivity (Wildman–Crippen MR) is 390 cm³/mol. The Morgan fingerprint density at radius 3 is 1.00 bits per heavy atom. The average Bonchev–Trinajstić information content (AvgIpc) is 1.15. The first-order valence-corrected chi connectivity index (χ1v) is 39.1. The van der Waals surface area contributed by atoms with Crippen LogP contribution in [0.25, 0.3) is 0 Å². The Hall–Kier alpha value is -5.06. The summed E-state index contributed by atoms with van der Waals surface area (Å²) in [7, 11) is -9.99. The molecule has 0 saturated heterocycles. The lowest BCUT2D eigenvalue weighted by atomic mass is 10.1. The van der Waals surface area contributed by atoms with Crippen molar-refractivity contribution < 1.29 is 80.2 Å². The second-order valence-corrected chi connectivity index (χ2v) is 26.3. The molecule has 0 aliphatic heterocycles. The topological polar surface area (TPSA) is 237 Å². The highest BCUT2D eigenvalue weighted by molar-refractivity contribution is 7.47. The van der Waals surface area contributed by atoms with Crippen LogP contribution >= 0.6 is 15.6 Å². The van der Waals surface area contributed by atoms with E-state index in [1.807, 2.05) is 36.5 Å². The maximum Gasteiger partial charge on any atom is 0.472 e. The van der Waals surface area contributed by atoms with Gasteiger partial charge in [-0.25, -0.2) is 9.13 Å². The molecule has 0 aromatic heterocycles. The van der Waals surface area contributed by atoms with Crippen molar-refractivity contribution in [1.29, 1.82) is 0 Å². The van der Waals surface area contributed by atoms with Gasteiger partial charge in [-0.1, -0.05) is 270 Å². The number of carbonyl (C=O) groups excluding carboxylic acids is 4. The molecule has 0 spiro atoms. The van der Waals surface area contributed by atoms with E-state index in [0.29, 0.717) is 32.1 Å². The molecule has 0 aliphatic rings. The molecule has 0 saturated carbocycles. The van der Waals surface area contributed by atoms with Crippen LogP contribution in [0.2, 0.25) is 0 Å². The zero-order chi connectivity index (χ0) is 70.4. The van der Waals surface area contributed by atoms with Gasteiger partial charge in [-0.2, -0.15) is 0 Å². The van der Waals surface area contributed by atoms with Crippen molar-refractivity contribution >= 4 is 39.5 Å². The zero-order valence-corrected chi connectivity index (χ0v) is 61.0. The van der Waals surface area contributed by atoms with E-state index in [1.165, 1.54) is 44.9 Å². The standard InChI is InChI=1S/C77H126O17P2/c1-5-9-13-17-21-25-29-31-33-34-35-36-38-40-44-46-50-54-58-62-75(80)88-68-73(94-77(82)64-60-56-52-48-42-28-24-20-16-12-8-4)70-92-96(85,86)90-66-71(78)65-89-95(83,84)91-69-72(93-76(81)63-59-55-51-47-41-27-23-19-15-11-7-3)67-87-74(79)61-57-53-49-45-43-39-37-32-30-26-22-18-14-10-6-2/h9-10,13-14,19,21-23,25-26,31-33,35-37,40,43-45,50,53-54,57,71-73,78H,5-8,11-12,15-18,20,24,27-30,34,38-39,41-42,46-49,51-52,55-56,58-70H2,1-4H3,(H,83,84)(H,85,86)/b13-9-,14-10-,23-19-,25-21-,26-22-,33-31-,36-35-,37-32-,44-40-,45-43-,54-50-,57-53-. The van der Waals surface area contributed by atoms with E-state index >= 15 is 0 Å². The number of hydrogen-bond donors (Lipinski definition) is 3. The molecule has 0 amide bonds. The van der Waals surface area contributed by atoms with Crippen molar-refractivity contribution in [3.05, 3.63) is 146 Å². The fourth-order valence-electron chi connectivity index (χ4n) is 8.89. The predicted octanol–water partition coefficient (Wildman–Crippen LogP) is 20.3. The van der Waals surface area contributed by atoms with Crippen molar-refractivity contribution in [3.63, 3.8) is 0 Å². The van der Waals surface area contributed by atoms with Gasteiger partial charge in [-0.15, -0.1) is 0 Å². The number of hydrogen-bond acceptors (Lipinski definition) is 15. The third-order valence-corrected chi connectivity index (χ3v) is 16.2. The van der Waals surface area contributed by atoms with Crippen LogP contribution in [0.4, 0.5) is 0 Å². The molecular weight excluding hydrogens is 1260 g/mol. The van der Waals surface area contributed by atoms with Crippen LogP contribution in [0.3, 0.4) is 0 Å². The molecule has 19 heteroatoms. The van der Waals surface area contributed by atoms with E-state index in [-0.39, 0.29) is 25.7 Å². The number of esters is 4. The summed E-state index contributed by atoms with van der Waals surface area (Å²) in [6.45, 7) is 4.35. The molecule has 0 rings (SSSR count). The number of allylic oxidation sites excluding steroid dienone is 23. The van der Waals surface area contributed by atoms with Crippen molar-refractivity contribution in [2.45, 2.75) is 277 Å². The van der Waals surface area contributed by atoms with Crippen LogP contribution in [0.1, 0.15) is 259 Å². The van der Waals surface area contributed by atoms with Gasteiger partial charge in [0.15, 0.2) is 12.2 Å². The quantitative estimate of drug-likeness (QED) is 0.0169. The summed E-state index contributed by atoms with van der Waals surface area (Å²) in [6.07, 6.45) is 76.3. The molecular formula is C77H126O17P2. The monoisotopic (exact) mass is 1380 g/mol. The summed E-state index contributed by atoms with van der Waals surface area (Å²) >= 11 is 0. The van der Waals surface area contributed by atoms with Crippen LogP contribution in [0, 0.1) is 0 Å². The minimum atomic E-state index is -5.00. The Morgan fingerprint density at radius 2 is 0.615 bits per heavy atom. The summed E-state index contributed by atoms with van der Waals surface area (Å²) in [5, 5.41) is 10.6. The second kappa shape index (κ2) is 68.5. The first-order chi connectivity index (χ1) is 46.7. The maximum absolute atomic E-state index is 13.0. The lowest BCUT2D eigenvalue weighted by Gasteiger charge is -2.21. The van der Waals surface area contributed by atoms with Gasteiger partial charge in [0, 0.05) is 19.3 Å². The molecule has 0 bridgehead atoms. The number of aliphatic hydroxyl groups excluding tert-OH is 1. The van der Waals surface area contributed by atoms with Gasteiger partial charge < -0.3 is 33.8 Å². The molecule has 5 unspecified atom stereocenters. The van der Waals surface area contributed by atoms with Crippen LogP contribution in [-0.4, -0.2) is 96.7 Å². The molecule has 17 nitrogen and oxygen atoms in total. The molecule has 0 heterocycles. The van der Waals surface area contributed by atoms with Gasteiger partial charge in [-0.05, 0) is 109 Å². The third kappa shape index (κ3) is 67.5. The Morgan fingerprint density at radius 1 is 0.312 bits per heavy atom. The zero-order valence-electron chi connectivity index (χ0n) is 59.2. The average molecular weight is 1390 g/mol. The summed E-state index contributed by atoms with van der Waals surface area (Å²) in [4.78, 5) is 72.5. The van der Waals surface area contributed by atoms with Crippen LogP contribution in [0.15, 0.2) is 146 Å². The van der Waals surface area contributed by atoms with Gasteiger partial charge in [-0.3, -0.25) is 37.3 Å².